The number of Topliss-reactive ketones (excluding diaryl/α,β-unsaturated/α-hetero) is 1. The molecule has 11 heteroatoms. The van der Waals surface area contributed by atoms with Gasteiger partial charge in [-0.3, -0.25) is 9.59 Å². The van der Waals surface area contributed by atoms with Crippen LogP contribution in [0.25, 0.3) is 0 Å². The van der Waals surface area contributed by atoms with Crippen LogP contribution in [0.5, 0.6) is 0 Å². The second-order valence-corrected chi connectivity index (χ2v) is 11.2. The summed E-state index contributed by atoms with van der Waals surface area (Å²) in [6, 6.07) is 10.6. The Kier molecular flexibility index (Phi) is 7.27. The first-order chi connectivity index (χ1) is 18.7. The first-order valence-electron chi connectivity index (χ1n) is 13.3. The van der Waals surface area contributed by atoms with Crippen molar-refractivity contribution in [3.63, 3.8) is 0 Å². The number of hydrogen-bond donors (Lipinski definition) is 1. The molecule has 2 aromatic rings. The SMILES string of the molecule is C[C@@H](OC[C@@]1(c2ccccc2)CCC2(CN1)C(=O)CC(=O)N2CC1CC1)c1cc(C(F)(F)F)cc(C(F)(F)F)c1. The first-order valence-corrected chi connectivity index (χ1v) is 13.3. The van der Waals surface area contributed by atoms with Gasteiger partial charge < -0.3 is 15.0 Å². The van der Waals surface area contributed by atoms with Gasteiger partial charge in [0.15, 0.2) is 5.78 Å². The summed E-state index contributed by atoms with van der Waals surface area (Å²) in [4.78, 5) is 27.5. The van der Waals surface area contributed by atoms with Crippen LogP contribution in [0.2, 0.25) is 0 Å². The van der Waals surface area contributed by atoms with Crippen molar-refractivity contribution in [2.24, 2.45) is 5.92 Å². The molecule has 3 aliphatic rings. The van der Waals surface area contributed by atoms with E-state index in [1.165, 1.54) is 6.92 Å². The van der Waals surface area contributed by atoms with Gasteiger partial charge in [-0.2, -0.15) is 26.3 Å². The van der Waals surface area contributed by atoms with Crippen LogP contribution in [0.4, 0.5) is 26.3 Å². The van der Waals surface area contributed by atoms with Crippen LogP contribution in [0.15, 0.2) is 48.5 Å². The monoisotopic (exact) mass is 568 g/mol. The van der Waals surface area contributed by atoms with Crippen LogP contribution in [-0.2, 0) is 32.2 Å². The van der Waals surface area contributed by atoms with E-state index < -0.39 is 40.7 Å². The van der Waals surface area contributed by atoms with E-state index in [0.29, 0.717) is 37.4 Å². The molecule has 1 spiro atoms. The zero-order chi connectivity index (χ0) is 28.9. The van der Waals surface area contributed by atoms with Gasteiger partial charge in [0.25, 0.3) is 0 Å². The summed E-state index contributed by atoms with van der Waals surface area (Å²) in [6.45, 7) is 2.06. The molecule has 0 radical (unpaired) electrons. The minimum absolute atomic E-state index is 0.0728. The molecule has 1 aliphatic carbocycles. The summed E-state index contributed by atoms with van der Waals surface area (Å²) in [7, 11) is 0. The standard InChI is InChI=1S/C29H30F6N2O3/c1-18(20-11-22(28(30,31)32)13-23(12-20)29(33,34)35)40-17-26(21-5-3-2-4-6-21)9-10-27(16-36-26)24(38)14-25(39)37(27)15-19-7-8-19/h2-6,11-13,18-19,36H,7-10,14-17H2,1H3/t18-,26-,27?/m1/s1. The quantitative estimate of drug-likeness (QED) is 0.327. The second-order valence-electron chi connectivity index (χ2n) is 11.2. The second kappa shape index (κ2) is 10.2. The Morgan fingerprint density at radius 2 is 1.60 bits per heavy atom. The molecule has 1 N–H and O–H groups in total. The third kappa shape index (κ3) is 5.50. The lowest BCUT2D eigenvalue weighted by Gasteiger charge is -2.49. The molecular formula is C29H30F6N2O3. The van der Waals surface area contributed by atoms with Gasteiger partial charge in [-0.25, -0.2) is 0 Å². The largest absolute Gasteiger partial charge is 0.416 e. The highest BCUT2D eigenvalue weighted by Gasteiger charge is 2.57. The van der Waals surface area contributed by atoms with Crippen LogP contribution in [0, 0.1) is 5.92 Å². The van der Waals surface area contributed by atoms with Crippen LogP contribution >= 0.6 is 0 Å². The fourth-order valence-electron chi connectivity index (χ4n) is 5.79. The minimum atomic E-state index is -4.96. The van der Waals surface area contributed by atoms with E-state index in [9.17, 15) is 35.9 Å². The molecule has 216 valence electrons. The maximum Gasteiger partial charge on any atom is 0.416 e. The van der Waals surface area contributed by atoms with Crippen molar-refractivity contribution in [2.75, 3.05) is 19.7 Å². The van der Waals surface area contributed by atoms with Crippen LogP contribution < -0.4 is 5.32 Å². The third-order valence-corrected chi connectivity index (χ3v) is 8.46. The number of benzene rings is 2. The number of halogens is 6. The van der Waals surface area contributed by atoms with Crippen LogP contribution in [0.1, 0.15) is 67.4 Å². The molecule has 3 fully saturated rings. The zero-order valence-electron chi connectivity index (χ0n) is 21.9. The fraction of sp³-hybridized carbons (Fsp3) is 0.517. The van der Waals surface area contributed by atoms with Crippen molar-refractivity contribution >= 4 is 11.7 Å². The average molecular weight is 569 g/mol. The predicted molar refractivity (Wildman–Crippen MR) is 133 cm³/mol. The first kappa shape index (κ1) is 28.6. The highest BCUT2D eigenvalue weighted by atomic mass is 19.4. The van der Waals surface area contributed by atoms with Gasteiger partial charge in [0.2, 0.25) is 5.91 Å². The van der Waals surface area contributed by atoms with Gasteiger partial charge in [-0.05, 0) is 67.9 Å². The lowest BCUT2D eigenvalue weighted by Crippen LogP contribution is -2.65. The number of hydrogen-bond acceptors (Lipinski definition) is 4. The van der Waals surface area contributed by atoms with Gasteiger partial charge in [-0.1, -0.05) is 30.3 Å². The Balaban J connectivity index is 1.40. The van der Waals surface area contributed by atoms with E-state index >= 15 is 0 Å². The Morgan fingerprint density at radius 3 is 2.12 bits per heavy atom. The van der Waals surface area contributed by atoms with Gasteiger partial charge in [-0.15, -0.1) is 0 Å². The van der Waals surface area contributed by atoms with Crippen molar-refractivity contribution in [3.05, 3.63) is 70.8 Å². The zero-order valence-corrected chi connectivity index (χ0v) is 21.9. The normalized spacial score (nSPS) is 26.5. The summed E-state index contributed by atoms with van der Waals surface area (Å²) < 4.78 is 86.4. The smallest absolute Gasteiger partial charge is 0.372 e. The van der Waals surface area contributed by atoms with Crippen molar-refractivity contribution < 1.29 is 40.7 Å². The molecule has 0 aromatic heterocycles. The predicted octanol–water partition coefficient (Wildman–Crippen LogP) is 6.03. The lowest BCUT2D eigenvalue weighted by molar-refractivity contribution is -0.143. The maximum atomic E-state index is 13.4. The van der Waals surface area contributed by atoms with Crippen molar-refractivity contribution in [1.82, 2.24) is 10.2 Å². The Labute approximate surface area is 227 Å². The molecule has 3 atom stereocenters. The van der Waals surface area contributed by atoms with Gasteiger partial charge >= 0.3 is 12.4 Å². The fourth-order valence-corrected chi connectivity index (χ4v) is 5.79. The number of nitrogens with zero attached hydrogens (tertiary/aromatic N) is 1. The number of ketones is 1. The number of carbonyl (C=O) groups is 2. The van der Waals surface area contributed by atoms with Crippen molar-refractivity contribution in [1.29, 1.82) is 0 Å². The summed E-state index contributed by atoms with van der Waals surface area (Å²) >= 11 is 0. The molecule has 0 bridgehead atoms. The number of carbonyl (C=O) groups excluding carboxylic acids is 2. The van der Waals surface area contributed by atoms with E-state index in [1.54, 1.807) is 4.90 Å². The lowest BCUT2D eigenvalue weighted by atomic mass is 9.75. The van der Waals surface area contributed by atoms with Crippen LogP contribution in [0.3, 0.4) is 0 Å². The van der Waals surface area contributed by atoms with Crippen molar-refractivity contribution in [3.8, 4) is 0 Å². The summed E-state index contributed by atoms with van der Waals surface area (Å²) in [5, 5.41) is 3.43. The molecule has 5 rings (SSSR count). The average Bonchev–Trinajstić information content (AvgIpc) is 3.71. The third-order valence-electron chi connectivity index (χ3n) is 8.46. The highest BCUT2D eigenvalue weighted by molar-refractivity contribution is 6.10. The van der Waals surface area contributed by atoms with E-state index in [0.717, 1.165) is 18.4 Å². The Hall–Kier alpha value is -2.92. The molecule has 40 heavy (non-hydrogen) atoms. The number of ether oxygens (including phenoxy) is 1. The van der Waals surface area contributed by atoms with Crippen LogP contribution in [-0.4, -0.2) is 41.8 Å². The van der Waals surface area contributed by atoms with E-state index in [2.05, 4.69) is 5.32 Å². The highest BCUT2D eigenvalue weighted by Crippen LogP contribution is 2.44. The molecular weight excluding hydrogens is 538 g/mol. The number of nitrogens with one attached hydrogen (secondary N) is 1. The molecule has 1 saturated carbocycles. The van der Waals surface area contributed by atoms with Gasteiger partial charge in [0.05, 0.1) is 35.8 Å². The van der Waals surface area contributed by atoms with E-state index in [1.807, 2.05) is 30.3 Å². The molecule has 2 aromatic carbocycles. The Morgan fingerprint density at radius 1 is 0.975 bits per heavy atom. The topological polar surface area (TPSA) is 58.6 Å². The molecule has 1 unspecified atom stereocenters. The summed E-state index contributed by atoms with van der Waals surface area (Å²) in [5.74, 6) is 0.0804. The minimum Gasteiger partial charge on any atom is -0.372 e. The summed E-state index contributed by atoms with van der Waals surface area (Å²) in [6.07, 6.45) is -8.37. The Bertz CT molecular complexity index is 1230. The van der Waals surface area contributed by atoms with E-state index in [4.69, 9.17) is 4.74 Å². The van der Waals surface area contributed by atoms with Crippen molar-refractivity contribution in [2.45, 2.75) is 68.6 Å². The summed E-state index contributed by atoms with van der Waals surface area (Å²) in [5.41, 5.74) is -4.07. The molecule has 2 saturated heterocycles. The van der Waals surface area contributed by atoms with Gasteiger partial charge in [0, 0.05) is 13.1 Å². The molecule has 5 nitrogen and oxygen atoms in total. The molecule has 1 amide bonds. The number of rotatable bonds is 7. The maximum absolute atomic E-state index is 13.4. The van der Waals surface area contributed by atoms with Gasteiger partial charge in [0.1, 0.15) is 5.54 Å². The number of likely N-dealkylation sites (tertiary alicyclic amines) is 1. The molecule has 2 aliphatic heterocycles. The number of amides is 1. The van der Waals surface area contributed by atoms with E-state index in [-0.39, 0.29) is 42.9 Å². The number of alkyl halides is 6. The number of piperidine rings is 1. The molecule has 2 heterocycles.